The molecule has 10 heteroatoms. The number of thiol groups is 1. The van der Waals surface area contributed by atoms with E-state index in [2.05, 4.69) is 22.9 Å². The summed E-state index contributed by atoms with van der Waals surface area (Å²) in [6, 6.07) is 1.17. The highest BCUT2D eigenvalue weighted by Gasteiger charge is 2.37. The third-order valence-corrected chi connectivity index (χ3v) is 2.67. The monoisotopic (exact) mass is 313 g/mol. The molecule has 1 aromatic heterocycles. The van der Waals surface area contributed by atoms with Crippen LogP contribution in [0, 0.1) is 0 Å². The molecule has 2 aromatic rings. The van der Waals surface area contributed by atoms with Gasteiger partial charge in [0.15, 0.2) is 5.82 Å². The van der Waals surface area contributed by atoms with Crippen LogP contribution in [0.2, 0.25) is 0 Å². The number of alkyl halides is 6. The Labute approximate surface area is 113 Å². The van der Waals surface area contributed by atoms with Crippen LogP contribution in [0.4, 0.5) is 26.3 Å². The highest BCUT2D eigenvalue weighted by Crippen LogP contribution is 2.38. The van der Waals surface area contributed by atoms with Crippen LogP contribution in [0.25, 0.3) is 11.4 Å². The molecule has 0 radical (unpaired) electrons. The molecule has 2 rings (SSSR count). The summed E-state index contributed by atoms with van der Waals surface area (Å²) in [4.78, 5) is 3.57. The third-order valence-electron chi connectivity index (χ3n) is 2.38. The maximum atomic E-state index is 12.6. The van der Waals surface area contributed by atoms with Gasteiger partial charge in [-0.2, -0.15) is 30.4 Å². The number of aromatic nitrogens is 3. The number of benzene rings is 1. The lowest BCUT2D eigenvalue weighted by Gasteiger charge is -2.13. The minimum Gasteiger partial charge on any atom is -0.214 e. The first-order valence-corrected chi connectivity index (χ1v) is 5.38. The maximum absolute atomic E-state index is 12.6. The van der Waals surface area contributed by atoms with Crippen LogP contribution in [0.3, 0.4) is 0 Å². The van der Waals surface area contributed by atoms with Crippen LogP contribution in [0.15, 0.2) is 24.5 Å². The zero-order chi connectivity index (χ0) is 15.1. The number of rotatable bonds is 1. The van der Waals surface area contributed by atoms with E-state index in [1.165, 1.54) is 0 Å². The van der Waals surface area contributed by atoms with E-state index in [4.69, 9.17) is 0 Å². The van der Waals surface area contributed by atoms with Gasteiger partial charge < -0.3 is 0 Å². The van der Waals surface area contributed by atoms with E-state index in [0.29, 0.717) is 12.1 Å². The van der Waals surface area contributed by atoms with Gasteiger partial charge in [-0.25, -0.2) is 4.98 Å². The molecule has 0 aliphatic carbocycles. The van der Waals surface area contributed by atoms with Crippen molar-refractivity contribution in [2.24, 2.45) is 0 Å². The molecule has 0 aliphatic heterocycles. The van der Waals surface area contributed by atoms with Gasteiger partial charge in [0.25, 0.3) is 0 Å². The molecular weight excluding hydrogens is 308 g/mol. The molecular formula is C10H5F6N3S. The molecule has 0 saturated carbocycles. The van der Waals surface area contributed by atoms with Gasteiger partial charge in [0, 0.05) is 5.56 Å². The van der Waals surface area contributed by atoms with E-state index in [1.54, 1.807) is 0 Å². The van der Waals surface area contributed by atoms with Gasteiger partial charge in [-0.15, -0.1) is 5.10 Å². The summed E-state index contributed by atoms with van der Waals surface area (Å²) in [6.45, 7) is 0. The predicted molar refractivity (Wildman–Crippen MR) is 59.8 cm³/mol. The van der Waals surface area contributed by atoms with E-state index >= 15 is 0 Å². The van der Waals surface area contributed by atoms with E-state index in [0.717, 1.165) is 10.4 Å². The lowest BCUT2D eigenvalue weighted by atomic mass is 10.0. The van der Waals surface area contributed by atoms with Crippen LogP contribution in [0.1, 0.15) is 11.1 Å². The van der Waals surface area contributed by atoms with E-state index < -0.39 is 23.5 Å². The summed E-state index contributed by atoms with van der Waals surface area (Å²) in [5.74, 6) is -0.218. The van der Waals surface area contributed by atoms with Gasteiger partial charge in [-0.3, -0.25) is 0 Å². The Balaban J connectivity index is 2.67. The van der Waals surface area contributed by atoms with Crippen LogP contribution >= 0.6 is 12.8 Å². The van der Waals surface area contributed by atoms with Crippen LogP contribution in [-0.2, 0) is 12.4 Å². The van der Waals surface area contributed by atoms with Crippen molar-refractivity contribution in [2.75, 3.05) is 0 Å². The lowest BCUT2D eigenvalue weighted by molar-refractivity contribution is -0.143. The molecule has 1 heterocycles. The quantitative estimate of drug-likeness (QED) is 0.643. The largest absolute Gasteiger partial charge is 0.416 e. The minimum absolute atomic E-state index is 0.0444. The molecule has 0 fully saturated rings. The number of hydrogen-bond acceptors (Lipinski definition) is 3. The zero-order valence-corrected chi connectivity index (χ0v) is 10.3. The van der Waals surface area contributed by atoms with Crippen LogP contribution in [-0.4, -0.2) is 14.2 Å². The van der Waals surface area contributed by atoms with E-state index in [9.17, 15) is 26.3 Å². The van der Waals surface area contributed by atoms with Crippen molar-refractivity contribution in [2.45, 2.75) is 12.4 Å². The van der Waals surface area contributed by atoms with Crippen LogP contribution < -0.4 is 0 Å². The first-order valence-electron chi connectivity index (χ1n) is 4.98. The summed E-state index contributed by atoms with van der Waals surface area (Å²) in [5, 5.41) is 3.48. The van der Waals surface area contributed by atoms with Gasteiger partial charge in [-0.1, -0.05) is 0 Å². The van der Waals surface area contributed by atoms with Crippen molar-refractivity contribution in [1.29, 1.82) is 0 Å². The highest BCUT2D eigenvalue weighted by atomic mass is 32.1. The van der Waals surface area contributed by atoms with Gasteiger partial charge in [0.2, 0.25) is 0 Å². The minimum atomic E-state index is -4.91. The predicted octanol–water partition coefficient (Wildman–Crippen LogP) is 3.68. The van der Waals surface area contributed by atoms with Crippen molar-refractivity contribution in [1.82, 2.24) is 14.2 Å². The fraction of sp³-hybridized carbons (Fsp3) is 0.200. The smallest absolute Gasteiger partial charge is 0.214 e. The molecule has 20 heavy (non-hydrogen) atoms. The Bertz CT molecular complexity index is 598. The Morgan fingerprint density at radius 3 is 1.75 bits per heavy atom. The average molecular weight is 313 g/mol. The van der Waals surface area contributed by atoms with E-state index in [-0.39, 0.29) is 17.5 Å². The second-order valence-corrected chi connectivity index (χ2v) is 4.15. The molecule has 0 spiro atoms. The fourth-order valence-corrected chi connectivity index (χ4v) is 1.72. The third kappa shape index (κ3) is 2.89. The lowest BCUT2D eigenvalue weighted by Crippen LogP contribution is -2.11. The normalized spacial score (nSPS) is 12.8. The summed E-state index contributed by atoms with van der Waals surface area (Å²) < 4.78 is 76.7. The van der Waals surface area contributed by atoms with Crippen molar-refractivity contribution in [3.05, 3.63) is 35.7 Å². The molecule has 0 N–H and O–H groups in total. The topological polar surface area (TPSA) is 30.7 Å². The van der Waals surface area contributed by atoms with Gasteiger partial charge in [-0.05, 0) is 31.0 Å². The fourth-order valence-electron chi connectivity index (χ4n) is 1.51. The molecule has 0 bridgehead atoms. The van der Waals surface area contributed by atoms with Crippen molar-refractivity contribution >= 4 is 12.8 Å². The van der Waals surface area contributed by atoms with Gasteiger partial charge >= 0.3 is 12.4 Å². The van der Waals surface area contributed by atoms with Crippen molar-refractivity contribution in [3.63, 3.8) is 0 Å². The summed E-state index contributed by atoms with van der Waals surface area (Å²) in [6.07, 6.45) is -8.84. The molecule has 1 aromatic carbocycles. The van der Waals surface area contributed by atoms with E-state index in [1.807, 2.05) is 0 Å². The molecule has 108 valence electrons. The average Bonchev–Trinajstić information content (AvgIpc) is 2.72. The number of halogens is 6. The SMILES string of the molecule is FC(F)(F)c1cc(-c2ncnn2S)cc(C(F)(F)F)c1. The molecule has 3 nitrogen and oxygen atoms in total. The molecule has 0 unspecified atom stereocenters. The second kappa shape index (κ2) is 4.69. The summed E-state index contributed by atoms with van der Waals surface area (Å²) in [7, 11) is 0. The van der Waals surface area contributed by atoms with Crippen molar-refractivity contribution in [3.8, 4) is 11.4 Å². The zero-order valence-electron chi connectivity index (χ0n) is 9.37. The van der Waals surface area contributed by atoms with Gasteiger partial charge in [0.05, 0.1) is 11.1 Å². The molecule has 0 amide bonds. The van der Waals surface area contributed by atoms with Crippen molar-refractivity contribution < 1.29 is 26.3 Å². The number of hydrogen-bond donors (Lipinski definition) is 1. The Hall–Kier alpha value is -1.71. The Kier molecular flexibility index (Phi) is 3.44. The molecule has 0 aliphatic rings. The van der Waals surface area contributed by atoms with Crippen LogP contribution in [0.5, 0.6) is 0 Å². The first kappa shape index (κ1) is 14.7. The summed E-state index contributed by atoms with van der Waals surface area (Å²) >= 11 is 3.75. The molecule has 0 saturated heterocycles. The second-order valence-electron chi connectivity index (χ2n) is 3.77. The highest BCUT2D eigenvalue weighted by molar-refractivity contribution is 7.78. The summed E-state index contributed by atoms with van der Waals surface area (Å²) in [5.41, 5.74) is -3.21. The number of nitrogens with zero attached hydrogens (tertiary/aromatic N) is 3. The Morgan fingerprint density at radius 2 is 1.40 bits per heavy atom. The van der Waals surface area contributed by atoms with Gasteiger partial charge in [0.1, 0.15) is 6.33 Å². The standard InChI is InChI=1S/C10H5F6N3S/c11-9(12,13)6-1-5(8-17-4-18-19(8)20)2-7(3-6)10(14,15)16/h1-4,20H. The molecule has 0 atom stereocenters. The maximum Gasteiger partial charge on any atom is 0.416 e. The Morgan fingerprint density at radius 1 is 0.900 bits per heavy atom. The first-order chi connectivity index (χ1) is 9.09.